The second-order valence-electron chi connectivity index (χ2n) is 3.11. The van der Waals surface area contributed by atoms with Gasteiger partial charge in [0.1, 0.15) is 11.6 Å². The first kappa shape index (κ1) is 13.4. The van der Waals surface area contributed by atoms with Crippen LogP contribution in [0.15, 0.2) is 16.6 Å². The lowest BCUT2D eigenvalue weighted by Gasteiger charge is -2.08. The van der Waals surface area contributed by atoms with Gasteiger partial charge in [-0.2, -0.15) is 0 Å². The maximum absolute atomic E-state index is 13.5. The first-order valence-electron chi connectivity index (χ1n) is 4.40. The second kappa shape index (κ2) is 5.63. The Morgan fingerprint density at radius 3 is 2.75 bits per heavy atom. The molecule has 0 aliphatic carbocycles. The zero-order valence-electron chi connectivity index (χ0n) is 8.34. The van der Waals surface area contributed by atoms with Gasteiger partial charge in [0.25, 0.3) is 0 Å². The molecule has 1 aromatic rings. The van der Waals surface area contributed by atoms with Crippen molar-refractivity contribution in [3.63, 3.8) is 0 Å². The number of halogens is 3. The molecule has 0 saturated carbocycles. The Bertz CT molecular complexity index is 412. The fourth-order valence-corrected chi connectivity index (χ4v) is 2.18. The fourth-order valence-electron chi connectivity index (χ4n) is 0.981. The van der Waals surface area contributed by atoms with E-state index in [9.17, 15) is 13.6 Å². The number of hydrogen-bond donors (Lipinski definition) is 1. The molecule has 0 radical (unpaired) electrons. The van der Waals surface area contributed by atoms with Crippen LogP contribution in [0.2, 0.25) is 0 Å². The molecule has 1 atom stereocenters. The van der Waals surface area contributed by atoms with Crippen molar-refractivity contribution in [2.24, 2.45) is 0 Å². The van der Waals surface area contributed by atoms with Crippen LogP contribution in [0.5, 0.6) is 0 Å². The van der Waals surface area contributed by atoms with Gasteiger partial charge in [-0.15, -0.1) is 11.8 Å². The lowest BCUT2D eigenvalue weighted by Crippen LogP contribution is -2.12. The van der Waals surface area contributed by atoms with Gasteiger partial charge in [0.2, 0.25) is 0 Å². The minimum absolute atomic E-state index is 0.00935. The van der Waals surface area contributed by atoms with Crippen molar-refractivity contribution < 1.29 is 18.7 Å². The van der Waals surface area contributed by atoms with E-state index in [-0.39, 0.29) is 15.8 Å². The van der Waals surface area contributed by atoms with E-state index < -0.39 is 22.9 Å². The summed E-state index contributed by atoms with van der Waals surface area (Å²) in [4.78, 5) is 10.5. The van der Waals surface area contributed by atoms with Gasteiger partial charge in [-0.3, -0.25) is 4.79 Å². The highest BCUT2D eigenvalue weighted by molar-refractivity contribution is 9.10. The molecule has 16 heavy (non-hydrogen) atoms. The normalized spacial score (nSPS) is 12.5. The van der Waals surface area contributed by atoms with E-state index >= 15 is 0 Å². The van der Waals surface area contributed by atoms with Crippen LogP contribution in [0.25, 0.3) is 0 Å². The average Bonchev–Trinajstić information content (AvgIpc) is 2.23. The molecule has 88 valence electrons. The highest BCUT2D eigenvalue weighted by Crippen LogP contribution is 2.26. The Morgan fingerprint density at radius 1 is 1.56 bits per heavy atom. The molecule has 1 aromatic carbocycles. The van der Waals surface area contributed by atoms with Gasteiger partial charge in [-0.05, 0) is 35.0 Å². The predicted molar refractivity (Wildman–Crippen MR) is 62.5 cm³/mol. The number of carboxylic acids is 1. The predicted octanol–water partition coefficient (Wildman–Crippen LogP) is 3.43. The number of thioether (sulfide) groups is 1. The van der Waals surface area contributed by atoms with Gasteiger partial charge < -0.3 is 5.11 Å². The molecule has 0 amide bonds. The molecule has 0 aliphatic heterocycles. The van der Waals surface area contributed by atoms with E-state index in [1.54, 1.807) is 0 Å². The summed E-state index contributed by atoms with van der Waals surface area (Å²) >= 11 is 3.92. The summed E-state index contributed by atoms with van der Waals surface area (Å²) in [5.74, 6) is -2.35. The van der Waals surface area contributed by atoms with Crippen LogP contribution in [0.3, 0.4) is 0 Å². The van der Waals surface area contributed by atoms with Crippen molar-refractivity contribution in [2.75, 3.05) is 0 Å². The standard InChI is InChI=1S/C10H9BrF2O2S/c1-5(10(14)15)16-4-6-8(12)3-2-7(11)9(6)13/h2-3,5H,4H2,1H3,(H,14,15). The number of hydrogen-bond acceptors (Lipinski definition) is 2. The molecule has 0 heterocycles. The minimum atomic E-state index is -0.999. The molecule has 2 nitrogen and oxygen atoms in total. The molecular weight excluding hydrogens is 302 g/mol. The van der Waals surface area contributed by atoms with E-state index in [1.807, 2.05) is 0 Å². The highest BCUT2D eigenvalue weighted by atomic mass is 79.9. The van der Waals surface area contributed by atoms with Crippen molar-refractivity contribution in [1.29, 1.82) is 0 Å². The molecule has 0 saturated heterocycles. The third kappa shape index (κ3) is 3.18. The summed E-state index contributed by atoms with van der Waals surface area (Å²) in [5.41, 5.74) is -0.104. The van der Waals surface area contributed by atoms with E-state index in [0.29, 0.717) is 0 Å². The van der Waals surface area contributed by atoms with E-state index in [2.05, 4.69) is 15.9 Å². The topological polar surface area (TPSA) is 37.3 Å². The molecule has 0 spiro atoms. The van der Waals surface area contributed by atoms with Gasteiger partial charge in [0.05, 0.1) is 9.72 Å². The summed E-state index contributed by atoms with van der Waals surface area (Å²) in [6.45, 7) is 1.47. The van der Waals surface area contributed by atoms with Gasteiger partial charge in [0, 0.05) is 11.3 Å². The number of benzene rings is 1. The number of carboxylic acid groups (broad SMARTS) is 1. The first-order chi connectivity index (χ1) is 7.43. The highest BCUT2D eigenvalue weighted by Gasteiger charge is 2.16. The van der Waals surface area contributed by atoms with E-state index in [1.165, 1.54) is 13.0 Å². The monoisotopic (exact) mass is 310 g/mol. The maximum atomic E-state index is 13.5. The van der Waals surface area contributed by atoms with Gasteiger partial charge in [-0.1, -0.05) is 0 Å². The van der Waals surface area contributed by atoms with Crippen molar-refractivity contribution in [3.05, 3.63) is 33.8 Å². The SMILES string of the molecule is CC(SCc1c(F)ccc(Br)c1F)C(=O)O. The van der Waals surface area contributed by atoms with Crippen LogP contribution in [-0.2, 0) is 10.5 Å². The number of aliphatic carboxylic acids is 1. The smallest absolute Gasteiger partial charge is 0.316 e. The van der Waals surface area contributed by atoms with Gasteiger partial charge in [-0.25, -0.2) is 8.78 Å². The van der Waals surface area contributed by atoms with Crippen molar-refractivity contribution >= 4 is 33.7 Å². The van der Waals surface area contributed by atoms with Crippen molar-refractivity contribution in [2.45, 2.75) is 17.9 Å². The average molecular weight is 311 g/mol. The quantitative estimate of drug-likeness (QED) is 0.866. The first-order valence-corrected chi connectivity index (χ1v) is 6.24. The van der Waals surface area contributed by atoms with Crippen molar-refractivity contribution in [1.82, 2.24) is 0 Å². The van der Waals surface area contributed by atoms with Crippen LogP contribution >= 0.6 is 27.7 Å². The lowest BCUT2D eigenvalue weighted by atomic mass is 10.2. The summed E-state index contributed by atoms with van der Waals surface area (Å²) in [6, 6.07) is 2.42. The van der Waals surface area contributed by atoms with Crippen LogP contribution in [0, 0.1) is 11.6 Å². The molecule has 1 rings (SSSR count). The van der Waals surface area contributed by atoms with Crippen LogP contribution in [0.4, 0.5) is 8.78 Å². The second-order valence-corrected chi connectivity index (χ2v) is 5.30. The Hall–Kier alpha value is -0.620. The Labute approximate surface area is 104 Å². The maximum Gasteiger partial charge on any atom is 0.316 e. The van der Waals surface area contributed by atoms with Gasteiger partial charge in [0.15, 0.2) is 0 Å². The Balaban J connectivity index is 2.81. The molecule has 0 bridgehead atoms. The summed E-state index contributed by atoms with van der Waals surface area (Å²) in [7, 11) is 0. The molecule has 6 heteroatoms. The number of rotatable bonds is 4. The fraction of sp³-hybridized carbons (Fsp3) is 0.300. The van der Waals surface area contributed by atoms with Crippen LogP contribution in [-0.4, -0.2) is 16.3 Å². The van der Waals surface area contributed by atoms with Gasteiger partial charge >= 0.3 is 5.97 Å². The molecule has 0 fully saturated rings. The number of carbonyl (C=O) groups is 1. The minimum Gasteiger partial charge on any atom is -0.480 e. The summed E-state index contributed by atoms with van der Waals surface area (Å²) in [6.07, 6.45) is 0. The molecular formula is C10H9BrF2O2S. The van der Waals surface area contributed by atoms with Crippen LogP contribution < -0.4 is 0 Å². The van der Waals surface area contributed by atoms with Crippen molar-refractivity contribution in [3.8, 4) is 0 Å². The van der Waals surface area contributed by atoms with E-state index in [0.717, 1.165) is 17.8 Å². The zero-order chi connectivity index (χ0) is 12.3. The molecule has 0 aromatic heterocycles. The largest absolute Gasteiger partial charge is 0.480 e. The summed E-state index contributed by atoms with van der Waals surface area (Å²) < 4.78 is 26.9. The third-order valence-corrected chi connectivity index (χ3v) is 3.73. The summed E-state index contributed by atoms with van der Waals surface area (Å²) in [5, 5.41) is 7.94. The molecule has 1 unspecified atom stereocenters. The Morgan fingerprint density at radius 2 is 2.19 bits per heavy atom. The van der Waals surface area contributed by atoms with Crippen LogP contribution in [0.1, 0.15) is 12.5 Å². The Kier molecular flexibility index (Phi) is 4.73. The lowest BCUT2D eigenvalue weighted by molar-refractivity contribution is -0.136. The molecule has 1 N–H and O–H groups in total. The zero-order valence-corrected chi connectivity index (χ0v) is 10.7. The third-order valence-electron chi connectivity index (χ3n) is 1.96. The molecule has 0 aliphatic rings. The van der Waals surface area contributed by atoms with E-state index in [4.69, 9.17) is 5.11 Å².